The van der Waals surface area contributed by atoms with E-state index < -0.39 is 0 Å². The van der Waals surface area contributed by atoms with E-state index in [0.29, 0.717) is 28.2 Å². The van der Waals surface area contributed by atoms with Gasteiger partial charge in [-0.2, -0.15) is 0 Å². The zero-order valence-electron chi connectivity index (χ0n) is 19.1. The van der Waals surface area contributed by atoms with Gasteiger partial charge in [0, 0.05) is 29.3 Å². The fourth-order valence-corrected chi connectivity index (χ4v) is 3.82. The normalized spacial score (nSPS) is 16.2. The minimum atomic E-state index is -0.291. The molecule has 2 aromatic rings. The average molecular weight is 426 g/mol. The van der Waals surface area contributed by atoms with Crippen LogP contribution in [0.2, 0.25) is 0 Å². The summed E-state index contributed by atoms with van der Waals surface area (Å²) in [5.41, 5.74) is 4.68. The van der Waals surface area contributed by atoms with Crippen LogP contribution >= 0.6 is 0 Å². The van der Waals surface area contributed by atoms with Crippen molar-refractivity contribution >= 4 is 23.3 Å². The van der Waals surface area contributed by atoms with E-state index in [9.17, 15) is 9.59 Å². The maximum atomic E-state index is 13.1. The van der Waals surface area contributed by atoms with E-state index >= 15 is 0 Å². The molecule has 0 saturated carbocycles. The van der Waals surface area contributed by atoms with Crippen molar-refractivity contribution in [1.82, 2.24) is 0 Å². The number of anilines is 1. The molecule has 0 spiro atoms. The number of hydrogen-bond acceptors (Lipinski definition) is 4. The number of hydrogen-bond donors (Lipinski definition) is 1. The maximum Gasteiger partial charge on any atom is 0.198 e. The number of nitrogens with one attached hydrogen (secondary N) is 1. The second kappa shape index (κ2) is 8.12. The number of Topliss-reactive ketones (excluding diaryl/α,β-unsaturated/α-hetero) is 2. The van der Waals surface area contributed by atoms with Crippen LogP contribution in [-0.2, 0) is 4.74 Å². The summed E-state index contributed by atoms with van der Waals surface area (Å²) in [5.74, 6) is 0.838. The number of allylic oxidation sites excluding steroid dienone is 6. The molecule has 0 aromatic heterocycles. The highest BCUT2D eigenvalue weighted by molar-refractivity contribution is 6.40. The molecular weight excluding hydrogens is 398 g/mol. The average Bonchev–Trinajstić information content (AvgIpc) is 3.02. The third kappa shape index (κ3) is 3.96. The fraction of sp³-hybridized carbons (Fsp3) is 0.214. The standard InChI is InChI=1S/C28H27NO3/c1-17-14-20(29-5)12-10-18(17)11-13-21-15-19(16-24(32-21)28(2,3)4)25-26(30)22-8-6-7-9-23(22)27(25)31/h6-16,29H,1-5H3. The fourth-order valence-electron chi connectivity index (χ4n) is 3.82. The van der Waals surface area contributed by atoms with Crippen molar-refractivity contribution in [2.75, 3.05) is 12.4 Å². The quantitative estimate of drug-likeness (QED) is 0.465. The Bertz CT molecular complexity index is 1210. The van der Waals surface area contributed by atoms with Gasteiger partial charge in [-0.3, -0.25) is 9.59 Å². The number of ketones is 2. The Hall–Kier alpha value is -3.66. The van der Waals surface area contributed by atoms with Crippen molar-refractivity contribution in [2.24, 2.45) is 5.41 Å². The molecule has 0 bridgehead atoms. The largest absolute Gasteiger partial charge is 0.461 e. The highest BCUT2D eigenvalue weighted by Gasteiger charge is 2.36. The number of aryl methyl sites for hydroxylation is 1. The molecule has 0 atom stereocenters. The molecule has 0 unspecified atom stereocenters. The van der Waals surface area contributed by atoms with Crippen molar-refractivity contribution in [3.63, 3.8) is 0 Å². The summed E-state index contributed by atoms with van der Waals surface area (Å²) in [5, 5.41) is 3.14. The van der Waals surface area contributed by atoms with Crippen LogP contribution in [0.4, 0.5) is 5.69 Å². The first-order chi connectivity index (χ1) is 15.2. The topological polar surface area (TPSA) is 55.4 Å². The SMILES string of the molecule is CNc1ccc(C=CC2=CC(=C3C(=O)c4ccccc4C3=O)C=C(C(C)(C)C)O2)c(C)c1. The predicted octanol–water partition coefficient (Wildman–Crippen LogP) is 6.27. The summed E-state index contributed by atoms with van der Waals surface area (Å²) in [4.78, 5) is 26.1. The van der Waals surface area contributed by atoms with Gasteiger partial charge in [0.05, 0.1) is 5.57 Å². The Morgan fingerprint density at radius 2 is 1.56 bits per heavy atom. The van der Waals surface area contributed by atoms with Crippen molar-refractivity contribution in [1.29, 1.82) is 0 Å². The zero-order valence-corrected chi connectivity index (χ0v) is 19.1. The Morgan fingerprint density at radius 3 is 2.12 bits per heavy atom. The van der Waals surface area contributed by atoms with E-state index in [1.807, 2.05) is 58.2 Å². The zero-order chi connectivity index (χ0) is 23.0. The minimum Gasteiger partial charge on any atom is -0.461 e. The van der Waals surface area contributed by atoms with Crippen LogP contribution in [0, 0.1) is 12.3 Å². The van der Waals surface area contributed by atoms with Crippen molar-refractivity contribution in [2.45, 2.75) is 27.7 Å². The number of carbonyl (C=O) groups is 2. The maximum absolute atomic E-state index is 13.1. The van der Waals surface area contributed by atoms with Gasteiger partial charge in [-0.25, -0.2) is 0 Å². The molecule has 4 nitrogen and oxygen atoms in total. The molecule has 0 fully saturated rings. The summed E-state index contributed by atoms with van der Waals surface area (Å²) in [6.45, 7) is 8.18. The second-order valence-corrected chi connectivity index (χ2v) is 9.10. The highest BCUT2D eigenvalue weighted by atomic mass is 16.5. The Kier molecular flexibility index (Phi) is 5.47. The van der Waals surface area contributed by atoms with Gasteiger partial charge in [-0.15, -0.1) is 0 Å². The lowest BCUT2D eigenvalue weighted by atomic mass is 9.89. The molecule has 4 heteroatoms. The lowest BCUT2D eigenvalue weighted by molar-refractivity contribution is 0.0987. The summed E-state index contributed by atoms with van der Waals surface area (Å²) < 4.78 is 6.16. The van der Waals surface area contributed by atoms with Crippen LogP contribution in [0.1, 0.15) is 52.6 Å². The number of fused-ring (bicyclic) bond motifs is 1. The van der Waals surface area contributed by atoms with E-state index in [0.717, 1.165) is 16.8 Å². The van der Waals surface area contributed by atoms with E-state index in [4.69, 9.17) is 4.74 Å². The van der Waals surface area contributed by atoms with E-state index in [2.05, 4.69) is 18.3 Å². The van der Waals surface area contributed by atoms with Crippen LogP contribution in [0.15, 0.2) is 83.4 Å². The van der Waals surface area contributed by atoms with Gasteiger partial charge in [0.15, 0.2) is 11.6 Å². The molecule has 162 valence electrons. The Balaban J connectivity index is 1.78. The lowest BCUT2D eigenvalue weighted by Gasteiger charge is -2.27. The molecule has 1 aliphatic heterocycles. The van der Waals surface area contributed by atoms with E-state index in [-0.39, 0.29) is 22.6 Å². The molecule has 1 heterocycles. The molecule has 1 N–H and O–H groups in total. The van der Waals surface area contributed by atoms with Crippen molar-refractivity contribution in [3.8, 4) is 0 Å². The number of ether oxygens (including phenoxy) is 1. The number of rotatable bonds is 3. The van der Waals surface area contributed by atoms with E-state index in [1.165, 1.54) is 0 Å². The predicted molar refractivity (Wildman–Crippen MR) is 129 cm³/mol. The molecule has 2 aliphatic rings. The molecule has 4 rings (SSSR count). The number of benzene rings is 2. The third-order valence-electron chi connectivity index (χ3n) is 5.70. The molecular formula is C28H27NO3. The molecule has 32 heavy (non-hydrogen) atoms. The smallest absolute Gasteiger partial charge is 0.198 e. The van der Waals surface area contributed by atoms with E-state index in [1.54, 1.807) is 30.3 Å². The first-order valence-corrected chi connectivity index (χ1v) is 10.7. The Morgan fingerprint density at radius 1 is 0.906 bits per heavy atom. The highest BCUT2D eigenvalue weighted by Crippen LogP contribution is 2.37. The molecule has 0 amide bonds. The summed E-state index contributed by atoms with van der Waals surface area (Å²) in [6, 6.07) is 13.1. The van der Waals surface area contributed by atoms with Gasteiger partial charge >= 0.3 is 0 Å². The molecule has 2 aromatic carbocycles. The Labute approximate surface area is 189 Å². The summed E-state index contributed by atoms with van der Waals surface area (Å²) in [7, 11) is 1.89. The first-order valence-electron chi connectivity index (χ1n) is 10.7. The monoisotopic (exact) mass is 425 g/mol. The van der Waals surface area contributed by atoms with Gasteiger partial charge in [-0.05, 0) is 54.0 Å². The van der Waals surface area contributed by atoms with Gasteiger partial charge in [-0.1, -0.05) is 57.2 Å². The van der Waals surface area contributed by atoms with Crippen LogP contribution < -0.4 is 5.32 Å². The summed E-state index contributed by atoms with van der Waals surface area (Å²) >= 11 is 0. The van der Waals surface area contributed by atoms with Gasteiger partial charge in [0.2, 0.25) is 0 Å². The third-order valence-corrected chi connectivity index (χ3v) is 5.70. The van der Waals surface area contributed by atoms with Gasteiger partial charge in [0.1, 0.15) is 11.5 Å². The van der Waals surface area contributed by atoms with Crippen molar-refractivity contribution in [3.05, 3.63) is 106 Å². The first kappa shape index (κ1) is 21.6. The molecule has 1 aliphatic carbocycles. The lowest BCUT2D eigenvalue weighted by Crippen LogP contribution is -2.16. The van der Waals surface area contributed by atoms with Crippen LogP contribution in [0.5, 0.6) is 0 Å². The molecule has 0 saturated heterocycles. The molecule has 0 radical (unpaired) electrons. The number of carbonyl (C=O) groups excluding carboxylic acids is 2. The second-order valence-electron chi connectivity index (χ2n) is 9.10. The van der Waals surface area contributed by atoms with Crippen molar-refractivity contribution < 1.29 is 14.3 Å². The van der Waals surface area contributed by atoms with Gasteiger partial charge < -0.3 is 10.1 Å². The van der Waals surface area contributed by atoms with Crippen LogP contribution in [0.25, 0.3) is 6.08 Å². The van der Waals surface area contributed by atoms with Gasteiger partial charge in [0.25, 0.3) is 0 Å². The minimum absolute atomic E-state index is 0.205. The van der Waals surface area contributed by atoms with Crippen LogP contribution in [-0.4, -0.2) is 18.6 Å². The summed E-state index contributed by atoms with van der Waals surface area (Å²) in [6.07, 6.45) is 7.47. The van der Waals surface area contributed by atoms with Crippen LogP contribution in [0.3, 0.4) is 0 Å².